The summed E-state index contributed by atoms with van der Waals surface area (Å²) in [5, 5.41) is 0. The van der Waals surface area contributed by atoms with Gasteiger partial charge in [0.2, 0.25) is 10.0 Å². The molecule has 0 aliphatic carbocycles. The Bertz CT molecular complexity index is 986. The third kappa shape index (κ3) is 4.67. The number of Topliss-reactive ketones (excluding diaryl/α,β-unsaturated/α-hetero) is 1. The molecule has 0 fully saturated rings. The third-order valence-electron chi connectivity index (χ3n) is 4.29. The monoisotopic (exact) mass is 499 g/mol. The summed E-state index contributed by atoms with van der Waals surface area (Å²) in [5.41, 5.74) is 2.20. The second-order valence-corrected chi connectivity index (χ2v) is 9.44. The summed E-state index contributed by atoms with van der Waals surface area (Å²) in [6.45, 7) is 0.0755. The largest absolute Gasteiger partial charge is 0.454 e. The molecule has 1 heterocycles. The SMILES string of the molecule is CS(=O)(=O)N1CCCc2cc(C(=O)COC(=O)c3ccc(I)cc3)ccc21. The first kappa shape index (κ1) is 19.8. The second kappa shape index (κ2) is 7.97. The molecule has 0 bridgehead atoms. The van der Waals surface area contributed by atoms with Crippen molar-refractivity contribution in [2.24, 2.45) is 0 Å². The van der Waals surface area contributed by atoms with Crippen LogP contribution in [0.4, 0.5) is 5.69 Å². The molecule has 1 aliphatic rings. The van der Waals surface area contributed by atoms with Crippen molar-refractivity contribution in [1.29, 1.82) is 0 Å². The van der Waals surface area contributed by atoms with Gasteiger partial charge in [-0.25, -0.2) is 13.2 Å². The number of ether oxygens (including phenoxy) is 1. The highest BCUT2D eigenvalue weighted by atomic mass is 127. The Morgan fingerprint density at radius 3 is 2.44 bits per heavy atom. The number of sulfonamides is 1. The number of nitrogens with zero attached hydrogens (tertiary/aromatic N) is 1. The molecule has 3 rings (SSSR count). The Labute approximate surface area is 171 Å². The lowest BCUT2D eigenvalue weighted by atomic mass is 9.99. The zero-order chi connectivity index (χ0) is 19.6. The summed E-state index contributed by atoms with van der Waals surface area (Å²) < 4.78 is 31.3. The maximum atomic E-state index is 12.4. The van der Waals surface area contributed by atoms with E-state index in [9.17, 15) is 18.0 Å². The van der Waals surface area contributed by atoms with Gasteiger partial charge in [-0.2, -0.15) is 0 Å². The molecule has 8 heteroatoms. The first-order valence-corrected chi connectivity index (χ1v) is 11.2. The van der Waals surface area contributed by atoms with E-state index in [0.717, 1.165) is 9.13 Å². The van der Waals surface area contributed by atoms with E-state index >= 15 is 0 Å². The second-order valence-electron chi connectivity index (χ2n) is 6.29. The van der Waals surface area contributed by atoms with Crippen LogP contribution in [0.15, 0.2) is 42.5 Å². The maximum Gasteiger partial charge on any atom is 0.338 e. The average molecular weight is 499 g/mol. The highest BCUT2D eigenvalue weighted by molar-refractivity contribution is 14.1. The van der Waals surface area contributed by atoms with Gasteiger partial charge < -0.3 is 4.74 Å². The van der Waals surface area contributed by atoms with Crippen LogP contribution in [0, 0.1) is 3.57 Å². The summed E-state index contributed by atoms with van der Waals surface area (Å²) in [6.07, 6.45) is 2.57. The summed E-state index contributed by atoms with van der Waals surface area (Å²) in [6, 6.07) is 11.8. The van der Waals surface area contributed by atoms with Crippen molar-refractivity contribution in [3.05, 3.63) is 62.7 Å². The first-order chi connectivity index (χ1) is 12.8. The maximum absolute atomic E-state index is 12.4. The molecular formula is C19H18INO5S. The number of hydrogen-bond donors (Lipinski definition) is 0. The van der Waals surface area contributed by atoms with Gasteiger partial charge in [0.15, 0.2) is 12.4 Å². The smallest absolute Gasteiger partial charge is 0.338 e. The van der Waals surface area contributed by atoms with Crippen LogP contribution >= 0.6 is 22.6 Å². The number of ketones is 1. The quantitative estimate of drug-likeness (QED) is 0.359. The van der Waals surface area contributed by atoms with Crippen LogP contribution in [0.1, 0.15) is 32.7 Å². The summed E-state index contributed by atoms with van der Waals surface area (Å²) in [7, 11) is -3.35. The number of esters is 1. The summed E-state index contributed by atoms with van der Waals surface area (Å²) >= 11 is 2.14. The summed E-state index contributed by atoms with van der Waals surface area (Å²) in [4.78, 5) is 24.4. The lowest BCUT2D eigenvalue weighted by Gasteiger charge is -2.29. The predicted octanol–water partition coefficient (Wildman–Crippen LogP) is 3.04. The van der Waals surface area contributed by atoms with E-state index in [1.54, 1.807) is 42.5 Å². The van der Waals surface area contributed by atoms with Crippen LogP contribution in [-0.2, 0) is 21.2 Å². The molecule has 0 atom stereocenters. The van der Waals surface area contributed by atoms with E-state index in [2.05, 4.69) is 22.6 Å². The van der Waals surface area contributed by atoms with E-state index in [1.807, 2.05) is 0 Å². The van der Waals surface area contributed by atoms with Gasteiger partial charge in [-0.15, -0.1) is 0 Å². The van der Waals surface area contributed by atoms with Crippen LogP contribution in [0.3, 0.4) is 0 Å². The number of halogens is 1. The predicted molar refractivity (Wildman–Crippen MR) is 111 cm³/mol. The zero-order valence-electron chi connectivity index (χ0n) is 14.6. The molecule has 0 saturated heterocycles. The van der Waals surface area contributed by atoms with E-state index in [0.29, 0.717) is 36.2 Å². The average Bonchev–Trinajstić information content (AvgIpc) is 2.64. The van der Waals surface area contributed by atoms with Crippen molar-refractivity contribution >= 4 is 50.1 Å². The number of fused-ring (bicyclic) bond motifs is 1. The fourth-order valence-corrected chi connectivity index (χ4v) is 4.32. The molecule has 0 amide bonds. The van der Waals surface area contributed by atoms with Crippen molar-refractivity contribution in [1.82, 2.24) is 0 Å². The van der Waals surface area contributed by atoms with E-state index in [4.69, 9.17) is 4.74 Å². The number of anilines is 1. The van der Waals surface area contributed by atoms with Crippen LogP contribution in [0.5, 0.6) is 0 Å². The number of benzene rings is 2. The lowest BCUT2D eigenvalue weighted by molar-refractivity contribution is 0.0474. The van der Waals surface area contributed by atoms with Gasteiger partial charge in [-0.1, -0.05) is 0 Å². The van der Waals surface area contributed by atoms with Crippen LogP contribution in [0.2, 0.25) is 0 Å². The number of carbonyl (C=O) groups excluding carboxylic acids is 2. The van der Waals surface area contributed by atoms with E-state index < -0.39 is 16.0 Å². The van der Waals surface area contributed by atoms with Gasteiger partial charge in [-0.3, -0.25) is 9.10 Å². The molecular weight excluding hydrogens is 481 g/mol. The Morgan fingerprint density at radius 2 is 1.78 bits per heavy atom. The minimum atomic E-state index is -3.35. The van der Waals surface area contributed by atoms with Crippen molar-refractivity contribution in [3.63, 3.8) is 0 Å². The Balaban J connectivity index is 1.71. The Morgan fingerprint density at radius 1 is 1.11 bits per heavy atom. The normalized spacial score (nSPS) is 13.8. The van der Waals surface area contributed by atoms with E-state index in [-0.39, 0.29) is 12.4 Å². The van der Waals surface area contributed by atoms with Gasteiger partial charge in [-0.05, 0) is 83.5 Å². The van der Waals surface area contributed by atoms with Crippen LogP contribution in [-0.4, -0.2) is 39.6 Å². The minimum absolute atomic E-state index is 0.326. The van der Waals surface area contributed by atoms with Crippen molar-refractivity contribution in [3.8, 4) is 0 Å². The Hall–Kier alpha value is -1.94. The van der Waals surface area contributed by atoms with Crippen molar-refractivity contribution in [2.45, 2.75) is 12.8 Å². The topological polar surface area (TPSA) is 80.8 Å². The Kier molecular flexibility index (Phi) is 5.85. The number of rotatable bonds is 5. The molecule has 6 nitrogen and oxygen atoms in total. The molecule has 27 heavy (non-hydrogen) atoms. The van der Waals surface area contributed by atoms with Gasteiger partial charge >= 0.3 is 5.97 Å². The lowest BCUT2D eigenvalue weighted by Crippen LogP contribution is -2.34. The molecule has 1 aliphatic heterocycles. The minimum Gasteiger partial charge on any atom is -0.454 e. The standard InChI is InChI=1S/C19H18INO5S/c1-27(24,25)21-10-2-3-14-11-15(6-9-17(14)21)18(22)12-26-19(23)13-4-7-16(20)8-5-13/h4-9,11H,2-3,10,12H2,1H3. The van der Waals surface area contributed by atoms with Gasteiger partial charge in [0.1, 0.15) is 0 Å². The molecule has 0 N–H and O–H groups in total. The number of carbonyl (C=O) groups is 2. The van der Waals surface area contributed by atoms with Crippen molar-refractivity contribution in [2.75, 3.05) is 23.7 Å². The van der Waals surface area contributed by atoms with Crippen molar-refractivity contribution < 1.29 is 22.7 Å². The summed E-state index contributed by atoms with van der Waals surface area (Å²) in [5.74, 6) is -0.880. The molecule has 0 saturated carbocycles. The molecule has 0 radical (unpaired) electrons. The third-order valence-corrected chi connectivity index (χ3v) is 6.19. The molecule has 0 aromatic heterocycles. The molecule has 2 aromatic carbocycles. The van der Waals surface area contributed by atoms with Gasteiger partial charge in [0.25, 0.3) is 0 Å². The van der Waals surface area contributed by atoms with E-state index in [1.165, 1.54) is 10.6 Å². The number of hydrogen-bond acceptors (Lipinski definition) is 5. The van der Waals surface area contributed by atoms with Crippen LogP contribution < -0.4 is 4.31 Å². The fraction of sp³-hybridized carbons (Fsp3) is 0.263. The number of aryl methyl sites for hydroxylation is 1. The molecule has 0 spiro atoms. The molecule has 0 unspecified atom stereocenters. The highest BCUT2D eigenvalue weighted by Gasteiger charge is 2.24. The van der Waals surface area contributed by atoms with Gasteiger partial charge in [0, 0.05) is 15.7 Å². The fourth-order valence-electron chi connectivity index (χ4n) is 2.96. The van der Waals surface area contributed by atoms with Gasteiger partial charge in [0.05, 0.1) is 17.5 Å². The van der Waals surface area contributed by atoms with Crippen LogP contribution in [0.25, 0.3) is 0 Å². The zero-order valence-corrected chi connectivity index (χ0v) is 17.6. The molecule has 142 valence electrons. The highest BCUT2D eigenvalue weighted by Crippen LogP contribution is 2.30. The first-order valence-electron chi connectivity index (χ1n) is 8.32. The molecule has 2 aromatic rings.